The van der Waals surface area contributed by atoms with E-state index >= 15 is 0 Å². The van der Waals surface area contributed by atoms with Crippen LogP contribution in [-0.2, 0) is 14.2 Å². The largest absolute Gasteiger partial charge is 0.508 e. The van der Waals surface area contributed by atoms with Crippen molar-refractivity contribution < 1.29 is 19.0 Å². The van der Waals surface area contributed by atoms with Crippen molar-refractivity contribution in [2.24, 2.45) is 0 Å². The predicted molar refractivity (Wildman–Crippen MR) is 65.0 cm³/mol. The van der Waals surface area contributed by atoms with Crippen molar-refractivity contribution in [3.8, 4) is 0 Å². The summed E-state index contributed by atoms with van der Waals surface area (Å²) in [7, 11) is 0. The Morgan fingerprint density at radius 1 is 0.941 bits per heavy atom. The van der Waals surface area contributed by atoms with Gasteiger partial charge in [-0.1, -0.05) is 0 Å². The Labute approximate surface area is 104 Å². The Bertz CT molecular complexity index is 230. The van der Waals surface area contributed by atoms with Gasteiger partial charge in [-0.2, -0.15) is 0 Å². The van der Waals surface area contributed by atoms with Gasteiger partial charge in [-0.25, -0.2) is 4.79 Å². The summed E-state index contributed by atoms with van der Waals surface area (Å²) >= 11 is 0. The van der Waals surface area contributed by atoms with Crippen molar-refractivity contribution >= 4 is 6.16 Å². The summed E-state index contributed by atoms with van der Waals surface area (Å²) in [5, 5.41) is 0. The molecule has 0 amide bonds. The van der Waals surface area contributed by atoms with Crippen molar-refractivity contribution in [1.29, 1.82) is 0 Å². The van der Waals surface area contributed by atoms with Gasteiger partial charge in [0.1, 0.15) is 6.10 Å². The van der Waals surface area contributed by atoms with E-state index < -0.39 is 6.16 Å². The maximum Gasteiger partial charge on any atom is 0.508 e. The van der Waals surface area contributed by atoms with E-state index in [0.717, 1.165) is 25.7 Å². The van der Waals surface area contributed by atoms with Crippen molar-refractivity contribution in [2.75, 3.05) is 0 Å². The lowest BCUT2D eigenvalue weighted by atomic mass is 9.95. The lowest BCUT2D eigenvalue weighted by Crippen LogP contribution is -2.30. The van der Waals surface area contributed by atoms with Crippen LogP contribution in [0.3, 0.4) is 0 Å². The number of carbonyl (C=O) groups is 1. The Kier molecular flexibility index (Phi) is 5.75. The molecule has 1 rings (SSSR count). The van der Waals surface area contributed by atoms with Gasteiger partial charge >= 0.3 is 6.16 Å². The van der Waals surface area contributed by atoms with Crippen LogP contribution in [0.25, 0.3) is 0 Å². The first-order valence-electron chi connectivity index (χ1n) is 6.50. The van der Waals surface area contributed by atoms with Crippen molar-refractivity contribution in [1.82, 2.24) is 0 Å². The van der Waals surface area contributed by atoms with Crippen LogP contribution in [0.5, 0.6) is 0 Å². The second-order valence-electron chi connectivity index (χ2n) is 5.12. The molecule has 0 aromatic rings. The van der Waals surface area contributed by atoms with Crippen LogP contribution in [0, 0.1) is 0 Å². The first-order chi connectivity index (χ1) is 7.97. The van der Waals surface area contributed by atoms with E-state index in [1.807, 2.05) is 27.7 Å². The number of hydrogen-bond donors (Lipinski definition) is 0. The Balaban J connectivity index is 2.20. The molecule has 4 nitrogen and oxygen atoms in total. The van der Waals surface area contributed by atoms with Gasteiger partial charge in [0, 0.05) is 0 Å². The van der Waals surface area contributed by atoms with Crippen LogP contribution in [0.1, 0.15) is 53.4 Å². The van der Waals surface area contributed by atoms with Gasteiger partial charge in [-0.15, -0.1) is 0 Å². The van der Waals surface area contributed by atoms with E-state index in [1.165, 1.54) is 0 Å². The van der Waals surface area contributed by atoms with Gasteiger partial charge in [0.25, 0.3) is 0 Å². The molecule has 0 unspecified atom stereocenters. The number of carbonyl (C=O) groups excluding carboxylic acids is 1. The Morgan fingerprint density at radius 3 is 1.94 bits per heavy atom. The fraction of sp³-hybridized carbons (Fsp3) is 0.923. The quantitative estimate of drug-likeness (QED) is 0.712. The van der Waals surface area contributed by atoms with Crippen LogP contribution in [-0.4, -0.2) is 30.6 Å². The third-order valence-corrected chi connectivity index (χ3v) is 2.68. The molecular weight excluding hydrogens is 220 g/mol. The van der Waals surface area contributed by atoms with Gasteiger partial charge in [0.15, 0.2) is 0 Å². The topological polar surface area (TPSA) is 44.8 Å². The summed E-state index contributed by atoms with van der Waals surface area (Å²) in [4.78, 5) is 11.3. The zero-order valence-electron chi connectivity index (χ0n) is 11.3. The summed E-state index contributed by atoms with van der Waals surface area (Å²) in [5.74, 6) is 0. The minimum atomic E-state index is -0.548. The number of hydrogen-bond acceptors (Lipinski definition) is 4. The van der Waals surface area contributed by atoms with Crippen LogP contribution < -0.4 is 0 Å². The first kappa shape index (κ1) is 14.3. The van der Waals surface area contributed by atoms with E-state index in [2.05, 4.69) is 0 Å². The summed E-state index contributed by atoms with van der Waals surface area (Å²) in [6, 6.07) is 0. The molecule has 0 aliphatic heterocycles. The van der Waals surface area contributed by atoms with E-state index in [0.29, 0.717) is 6.10 Å². The fourth-order valence-electron chi connectivity index (χ4n) is 2.03. The highest BCUT2D eigenvalue weighted by atomic mass is 16.7. The zero-order chi connectivity index (χ0) is 12.8. The van der Waals surface area contributed by atoms with E-state index in [-0.39, 0.29) is 18.3 Å². The van der Waals surface area contributed by atoms with E-state index in [1.54, 1.807) is 0 Å². The second kappa shape index (κ2) is 6.84. The summed E-state index contributed by atoms with van der Waals surface area (Å²) < 4.78 is 15.9. The summed E-state index contributed by atoms with van der Waals surface area (Å²) in [6.45, 7) is 7.72. The molecule has 100 valence electrons. The van der Waals surface area contributed by atoms with Crippen LogP contribution in [0.15, 0.2) is 0 Å². The highest BCUT2D eigenvalue weighted by Crippen LogP contribution is 2.24. The molecule has 17 heavy (non-hydrogen) atoms. The van der Waals surface area contributed by atoms with Gasteiger partial charge in [-0.05, 0) is 53.4 Å². The smallest absolute Gasteiger partial charge is 0.432 e. The summed E-state index contributed by atoms with van der Waals surface area (Å²) in [6.07, 6.45) is 3.55. The third-order valence-electron chi connectivity index (χ3n) is 2.68. The lowest BCUT2D eigenvalue weighted by molar-refractivity contribution is -0.0509. The molecule has 0 heterocycles. The zero-order valence-corrected chi connectivity index (χ0v) is 11.3. The molecular formula is C13H24O4. The molecule has 1 saturated carbocycles. The number of rotatable bonds is 4. The molecule has 0 saturated heterocycles. The number of ether oxygens (including phenoxy) is 3. The minimum Gasteiger partial charge on any atom is -0.432 e. The third kappa shape index (κ3) is 5.91. The minimum absolute atomic E-state index is 0.00624. The maximum atomic E-state index is 11.3. The Morgan fingerprint density at radius 2 is 1.47 bits per heavy atom. The highest BCUT2D eigenvalue weighted by Gasteiger charge is 2.25. The van der Waals surface area contributed by atoms with Gasteiger partial charge in [-0.3, -0.25) is 0 Å². The molecule has 0 aromatic carbocycles. The first-order valence-corrected chi connectivity index (χ1v) is 6.50. The fourth-order valence-corrected chi connectivity index (χ4v) is 2.03. The van der Waals surface area contributed by atoms with E-state index in [4.69, 9.17) is 14.2 Å². The molecule has 0 radical (unpaired) electrons. The van der Waals surface area contributed by atoms with Gasteiger partial charge < -0.3 is 14.2 Å². The second-order valence-corrected chi connectivity index (χ2v) is 5.12. The van der Waals surface area contributed by atoms with Crippen LogP contribution in [0.4, 0.5) is 4.79 Å². The van der Waals surface area contributed by atoms with Crippen LogP contribution >= 0.6 is 0 Å². The molecule has 1 fully saturated rings. The van der Waals surface area contributed by atoms with Crippen molar-refractivity contribution in [2.45, 2.75) is 77.8 Å². The average molecular weight is 244 g/mol. The molecule has 0 aromatic heterocycles. The normalized spacial score (nSPS) is 25.1. The SMILES string of the molecule is CC(C)OC(=O)OC1CCC(OC(C)C)CC1. The van der Waals surface area contributed by atoms with Gasteiger partial charge in [0.05, 0.1) is 18.3 Å². The molecule has 0 bridgehead atoms. The predicted octanol–water partition coefficient (Wildman–Crippen LogP) is 3.28. The van der Waals surface area contributed by atoms with Crippen molar-refractivity contribution in [3.05, 3.63) is 0 Å². The monoisotopic (exact) mass is 244 g/mol. The van der Waals surface area contributed by atoms with Gasteiger partial charge in [0.2, 0.25) is 0 Å². The van der Waals surface area contributed by atoms with E-state index in [9.17, 15) is 4.79 Å². The summed E-state index contributed by atoms with van der Waals surface area (Å²) in [5.41, 5.74) is 0. The van der Waals surface area contributed by atoms with Crippen LogP contribution in [0.2, 0.25) is 0 Å². The maximum absolute atomic E-state index is 11.3. The lowest BCUT2D eigenvalue weighted by Gasteiger charge is -2.29. The standard InChI is InChI=1S/C13H24O4/c1-9(2)15-11-5-7-12(8-6-11)17-13(14)16-10(3)4/h9-12H,5-8H2,1-4H3. The molecule has 1 aliphatic rings. The highest BCUT2D eigenvalue weighted by molar-refractivity contribution is 5.60. The molecule has 1 aliphatic carbocycles. The molecule has 0 N–H and O–H groups in total. The molecule has 0 spiro atoms. The Hall–Kier alpha value is -0.770. The van der Waals surface area contributed by atoms with Crippen molar-refractivity contribution in [3.63, 3.8) is 0 Å². The molecule has 0 atom stereocenters. The molecule has 4 heteroatoms. The average Bonchev–Trinajstić information content (AvgIpc) is 2.18.